The van der Waals surface area contributed by atoms with E-state index in [9.17, 15) is 0 Å². The van der Waals surface area contributed by atoms with Gasteiger partial charge in [-0.1, -0.05) is 0 Å². The number of rotatable bonds is 3. The van der Waals surface area contributed by atoms with Gasteiger partial charge in [0.25, 0.3) is 0 Å². The van der Waals surface area contributed by atoms with E-state index < -0.39 is 0 Å². The van der Waals surface area contributed by atoms with Gasteiger partial charge in [0, 0.05) is 45.5 Å². The molecule has 0 bridgehead atoms. The molecule has 1 saturated heterocycles. The van der Waals surface area contributed by atoms with Crippen molar-refractivity contribution in [3.05, 3.63) is 42.5 Å². The van der Waals surface area contributed by atoms with Crippen molar-refractivity contribution in [1.29, 1.82) is 0 Å². The smallest absolute Gasteiger partial charge is 0.131 e. The topological polar surface area (TPSA) is 45.2 Å². The van der Waals surface area contributed by atoms with Crippen LogP contribution >= 0.6 is 0 Å². The maximum absolute atomic E-state index is 4.40. The minimum absolute atomic E-state index is 0.537. The van der Waals surface area contributed by atoms with E-state index in [0.29, 0.717) is 5.92 Å². The zero-order valence-electron chi connectivity index (χ0n) is 12.6. The fourth-order valence-electron chi connectivity index (χ4n) is 2.86. The average molecular weight is 283 g/mol. The first kappa shape index (κ1) is 13.8. The molecule has 0 N–H and O–H groups in total. The summed E-state index contributed by atoms with van der Waals surface area (Å²) in [6, 6.07) is 6.33. The molecule has 5 nitrogen and oxygen atoms in total. The molecule has 0 amide bonds. The zero-order valence-corrected chi connectivity index (χ0v) is 12.6. The second-order valence-electron chi connectivity index (χ2n) is 5.69. The predicted octanol–water partition coefficient (Wildman–Crippen LogP) is 2.32. The minimum atomic E-state index is 0.537. The lowest BCUT2D eigenvalue weighted by atomic mass is 9.91. The van der Waals surface area contributed by atoms with Gasteiger partial charge in [-0.05, 0) is 36.6 Å². The van der Waals surface area contributed by atoms with Crippen LogP contribution in [-0.2, 0) is 0 Å². The lowest BCUT2D eigenvalue weighted by Crippen LogP contribution is -2.35. The monoisotopic (exact) mass is 283 g/mol. The van der Waals surface area contributed by atoms with Gasteiger partial charge < -0.3 is 9.80 Å². The second kappa shape index (κ2) is 6.08. The van der Waals surface area contributed by atoms with Crippen LogP contribution in [0.1, 0.15) is 24.3 Å². The summed E-state index contributed by atoms with van der Waals surface area (Å²) in [5.74, 6) is 2.58. The van der Waals surface area contributed by atoms with E-state index in [-0.39, 0.29) is 0 Å². The number of pyridine rings is 1. The highest BCUT2D eigenvalue weighted by atomic mass is 15.2. The Bertz CT molecular complexity index is 584. The van der Waals surface area contributed by atoms with Crippen LogP contribution in [0, 0.1) is 0 Å². The van der Waals surface area contributed by atoms with Crippen LogP contribution in [0.3, 0.4) is 0 Å². The van der Waals surface area contributed by atoms with Crippen molar-refractivity contribution >= 4 is 11.6 Å². The lowest BCUT2D eigenvalue weighted by molar-refractivity contribution is 0.506. The fraction of sp³-hybridized carbons (Fsp3) is 0.438. The van der Waals surface area contributed by atoms with Gasteiger partial charge in [-0.25, -0.2) is 15.0 Å². The molecule has 0 spiro atoms. The summed E-state index contributed by atoms with van der Waals surface area (Å²) in [6.07, 6.45) is 7.75. The summed E-state index contributed by atoms with van der Waals surface area (Å²) in [7, 11) is 4.06. The molecule has 3 heterocycles. The fourth-order valence-corrected chi connectivity index (χ4v) is 2.86. The van der Waals surface area contributed by atoms with E-state index in [2.05, 4.69) is 36.9 Å². The molecule has 1 atom stereocenters. The molecule has 2 aromatic heterocycles. The van der Waals surface area contributed by atoms with E-state index >= 15 is 0 Å². The van der Waals surface area contributed by atoms with E-state index in [1.807, 2.05) is 32.6 Å². The quantitative estimate of drug-likeness (QED) is 0.865. The van der Waals surface area contributed by atoms with Gasteiger partial charge in [-0.2, -0.15) is 0 Å². The Hall–Kier alpha value is -2.17. The highest BCUT2D eigenvalue weighted by Crippen LogP contribution is 2.29. The van der Waals surface area contributed by atoms with E-state index in [1.54, 1.807) is 6.33 Å². The summed E-state index contributed by atoms with van der Waals surface area (Å²) in [6.45, 7) is 2.08. The molecule has 0 radical (unpaired) electrons. The number of nitrogens with zero attached hydrogens (tertiary/aromatic N) is 5. The van der Waals surface area contributed by atoms with E-state index in [1.165, 1.54) is 18.4 Å². The molecule has 1 unspecified atom stereocenters. The molecule has 110 valence electrons. The SMILES string of the molecule is CN(C)c1cc(C2CCCN(c3ccncn3)C2)ccn1. The van der Waals surface area contributed by atoms with Gasteiger partial charge >= 0.3 is 0 Å². The maximum Gasteiger partial charge on any atom is 0.131 e. The Morgan fingerprint density at radius 3 is 2.86 bits per heavy atom. The number of hydrogen-bond acceptors (Lipinski definition) is 5. The number of aromatic nitrogens is 3. The number of hydrogen-bond donors (Lipinski definition) is 0. The molecular weight excluding hydrogens is 262 g/mol. The number of piperidine rings is 1. The van der Waals surface area contributed by atoms with Crippen molar-refractivity contribution in [2.24, 2.45) is 0 Å². The van der Waals surface area contributed by atoms with Crippen LogP contribution < -0.4 is 9.80 Å². The molecule has 1 fully saturated rings. The predicted molar refractivity (Wildman–Crippen MR) is 84.8 cm³/mol. The molecule has 21 heavy (non-hydrogen) atoms. The van der Waals surface area contributed by atoms with Crippen molar-refractivity contribution < 1.29 is 0 Å². The third-order valence-corrected chi connectivity index (χ3v) is 4.01. The zero-order chi connectivity index (χ0) is 14.7. The van der Waals surface area contributed by atoms with Gasteiger partial charge in [0.05, 0.1) is 0 Å². The first-order valence-corrected chi connectivity index (χ1v) is 7.38. The van der Waals surface area contributed by atoms with Gasteiger partial charge in [0.2, 0.25) is 0 Å². The molecule has 1 aliphatic heterocycles. The van der Waals surface area contributed by atoms with Gasteiger partial charge in [0.1, 0.15) is 18.0 Å². The van der Waals surface area contributed by atoms with Crippen LogP contribution in [0.15, 0.2) is 36.9 Å². The van der Waals surface area contributed by atoms with Crippen LogP contribution in [0.5, 0.6) is 0 Å². The summed E-state index contributed by atoms with van der Waals surface area (Å²) in [5, 5.41) is 0. The Morgan fingerprint density at radius 2 is 2.10 bits per heavy atom. The Balaban J connectivity index is 1.78. The maximum atomic E-state index is 4.40. The largest absolute Gasteiger partial charge is 0.363 e. The van der Waals surface area contributed by atoms with Crippen LogP contribution in [0.2, 0.25) is 0 Å². The Morgan fingerprint density at radius 1 is 1.19 bits per heavy atom. The molecule has 0 saturated carbocycles. The summed E-state index contributed by atoms with van der Waals surface area (Å²) in [4.78, 5) is 17.2. The van der Waals surface area contributed by atoms with Gasteiger partial charge in [-0.15, -0.1) is 0 Å². The molecule has 0 aromatic carbocycles. The molecule has 3 rings (SSSR count). The molecule has 0 aliphatic carbocycles. The third-order valence-electron chi connectivity index (χ3n) is 4.01. The van der Waals surface area contributed by atoms with Crippen LogP contribution in [0.25, 0.3) is 0 Å². The molecular formula is C16H21N5. The highest BCUT2D eigenvalue weighted by Gasteiger charge is 2.22. The summed E-state index contributed by atoms with van der Waals surface area (Å²) < 4.78 is 0. The highest BCUT2D eigenvalue weighted by molar-refractivity contribution is 5.43. The summed E-state index contributed by atoms with van der Waals surface area (Å²) in [5.41, 5.74) is 1.37. The van der Waals surface area contributed by atoms with Crippen molar-refractivity contribution in [2.45, 2.75) is 18.8 Å². The average Bonchev–Trinajstić information content (AvgIpc) is 2.56. The van der Waals surface area contributed by atoms with Crippen molar-refractivity contribution in [1.82, 2.24) is 15.0 Å². The van der Waals surface area contributed by atoms with Crippen LogP contribution in [0.4, 0.5) is 11.6 Å². The first-order chi connectivity index (χ1) is 10.2. The normalized spacial score (nSPS) is 18.6. The Labute approximate surface area is 125 Å². The van der Waals surface area contributed by atoms with Gasteiger partial charge in [-0.3, -0.25) is 0 Å². The lowest BCUT2D eigenvalue weighted by Gasteiger charge is -2.34. The minimum Gasteiger partial charge on any atom is -0.363 e. The Kier molecular flexibility index (Phi) is 3.99. The first-order valence-electron chi connectivity index (χ1n) is 7.38. The van der Waals surface area contributed by atoms with Gasteiger partial charge in [0.15, 0.2) is 0 Å². The van der Waals surface area contributed by atoms with E-state index in [4.69, 9.17) is 0 Å². The number of anilines is 2. The molecule has 2 aromatic rings. The van der Waals surface area contributed by atoms with Crippen molar-refractivity contribution in [3.8, 4) is 0 Å². The van der Waals surface area contributed by atoms with E-state index in [0.717, 1.165) is 24.7 Å². The second-order valence-corrected chi connectivity index (χ2v) is 5.69. The molecule has 5 heteroatoms. The third kappa shape index (κ3) is 3.12. The standard InChI is InChI=1S/C16H21N5/c1-20(2)16-10-13(5-8-18-16)14-4-3-9-21(11-14)15-6-7-17-12-19-15/h5-8,10,12,14H,3-4,9,11H2,1-2H3. The van der Waals surface area contributed by atoms with Crippen LogP contribution in [-0.4, -0.2) is 42.1 Å². The molecule has 1 aliphatic rings. The van der Waals surface area contributed by atoms with Crippen molar-refractivity contribution in [2.75, 3.05) is 37.0 Å². The van der Waals surface area contributed by atoms with Crippen molar-refractivity contribution in [3.63, 3.8) is 0 Å². The summed E-state index contributed by atoms with van der Waals surface area (Å²) >= 11 is 0.